The Balaban J connectivity index is 2.89. The molecule has 1 saturated heterocycles. The van der Waals surface area contributed by atoms with Gasteiger partial charge in [-0.25, -0.2) is 4.79 Å². The number of hydrogen-bond acceptors (Lipinski definition) is 2. The fourth-order valence-electron chi connectivity index (χ4n) is 1.65. The lowest BCUT2D eigenvalue weighted by Gasteiger charge is -2.31. The number of hydrogen-bond donors (Lipinski definition) is 1. The molecule has 14 heavy (non-hydrogen) atoms. The van der Waals surface area contributed by atoms with E-state index >= 15 is 0 Å². The van der Waals surface area contributed by atoms with Crippen molar-refractivity contribution >= 4 is 11.9 Å². The highest BCUT2D eigenvalue weighted by molar-refractivity contribution is 6.06. The predicted octanol–water partition coefficient (Wildman–Crippen LogP) is 1.36. The Labute approximate surface area is 84.7 Å². The van der Waals surface area contributed by atoms with Crippen molar-refractivity contribution in [3.05, 3.63) is 0 Å². The molecule has 0 spiro atoms. The maximum atomic E-state index is 11.6. The van der Waals surface area contributed by atoms with Crippen LogP contribution in [0.15, 0.2) is 0 Å². The summed E-state index contributed by atoms with van der Waals surface area (Å²) in [6, 6.07) is -0.256. The van der Waals surface area contributed by atoms with Gasteiger partial charge in [0.05, 0.1) is 0 Å². The van der Waals surface area contributed by atoms with Crippen molar-refractivity contribution in [3.63, 3.8) is 0 Å². The standard InChI is InChI=1S/C10H18N2O2/c1-5-10(4)8(13)11-9(14)12(10)6-7(2)3/h7H,5-6H2,1-4H3,(H,11,13,14). The first kappa shape index (κ1) is 11.0. The van der Waals surface area contributed by atoms with Crippen molar-refractivity contribution in [1.82, 2.24) is 10.2 Å². The van der Waals surface area contributed by atoms with Crippen LogP contribution in [0, 0.1) is 5.92 Å². The molecule has 0 aromatic carbocycles. The van der Waals surface area contributed by atoms with Gasteiger partial charge < -0.3 is 4.90 Å². The van der Waals surface area contributed by atoms with Crippen LogP contribution in [0.5, 0.6) is 0 Å². The van der Waals surface area contributed by atoms with Crippen LogP contribution in [0.25, 0.3) is 0 Å². The van der Waals surface area contributed by atoms with E-state index in [0.717, 1.165) is 0 Å². The van der Waals surface area contributed by atoms with Crippen molar-refractivity contribution in [2.75, 3.05) is 6.54 Å². The van der Waals surface area contributed by atoms with Crippen molar-refractivity contribution in [2.24, 2.45) is 5.92 Å². The SMILES string of the molecule is CCC1(C)C(=O)NC(=O)N1CC(C)C. The molecule has 1 aliphatic rings. The van der Waals surface area contributed by atoms with E-state index in [2.05, 4.69) is 5.32 Å². The molecule has 80 valence electrons. The molecule has 0 aliphatic carbocycles. The van der Waals surface area contributed by atoms with E-state index in [4.69, 9.17) is 0 Å². The van der Waals surface area contributed by atoms with Gasteiger partial charge in [-0.05, 0) is 19.3 Å². The molecule has 1 atom stereocenters. The zero-order valence-electron chi connectivity index (χ0n) is 9.26. The number of carbonyl (C=O) groups excluding carboxylic acids is 2. The normalized spacial score (nSPS) is 27.4. The fraction of sp³-hybridized carbons (Fsp3) is 0.800. The second-order valence-corrected chi connectivity index (χ2v) is 4.39. The lowest BCUT2D eigenvalue weighted by Crippen LogP contribution is -2.47. The molecule has 1 aliphatic heterocycles. The van der Waals surface area contributed by atoms with E-state index in [1.165, 1.54) is 0 Å². The Hall–Kier alpha value is -1.06. The smallest absolute Gasteiger partial charge is 0.310 e. The molecular formula is C10H18N2O2. The van der Waals surface area contributed by atoms with E-state index in [0.29, 0.717) is 18.9 Å². The molecule has 4 nitrogen and oxygen atoms in total. The van der Waals surface area contributed by atoms with Gasteiger partial charge in [0.1, 0.15) is 5.54 Å². The third-order valence-electron chi connectivity index (χ3n) is 2.79. The first-order valence-corrected chi connectivity index (χ1v) is 5.05. The summed E-state index contributed by atoms with van der Waals surface area (Å²) in [7, 11) is 0. The van der Waals surface area contributed by atoms with E-state index in [-0.39, 0.29) is 11.9 Å². The maximum absolute atomic E-state index is 11.6. The summed E-state index contributed by atoms with van der Waals surface area (Å²) in [5, 5.41) is 2.36. The Morgan fingerprint density at radius 2 is 2.00 bits per heavy atom. The van der Waals surface area contributed by atoms with E-state index < -0.39 is 5.54 Å². The van der Waals surface area contributed by atoms with Crippen molar-refractivity contribution in [2.45, 2.75) is 39.7 Å². The second-order valence-electron chi connectivity index (χ2n) is 4.39. The summed E-state index contributed by atoms with van der Waals surface area (Å²) in [5.41, 5.74) is -0.651. The van der Waals surface area contributed by atoms with E-state index in [1.54, 1.807) is 4.90 Å². The molecule has 0 radical (unpaired) electrons. The maximum Gasteiger partial charge on any atom is 0.325 e. The molecule has 4 heteroatoms. The average molecular weight is 198 g/mol. The van der Waals surface area contributed by atoms with Crippen molar-refractivity contribution < 1.29 is 9.59 Å². The highest BCUT2D eigenvalue weighted by Gasteiger charge is 2.47. The van der Waals surface area contributed by atoms with Gasteiger partial charge in [-0.3, -0.25) is 10.1 Å². The average Bonchev–Trinajstić information content (AvgIpc) is 2.30. The molecule has 1 heterocycles. The fourth-order valence-corrected chi connectivity index (χ4v) is 1.65. The highest BCUT2D eigenvalue weighted by atomic mass is 16.2. The molecule has 0 aromatic heterocycles. The number of rotatable bonds is 3. The molecule has 0 bridgehead atoms. The lowest BCUT2D eigenvalue weighted by molar-refractivity contribution is -0.126. The minimum Gasteiger partial charge on any atom is -0.310 e. The minimum atomic E-state index is -0.651. The van der Waals surface area contributed by atoms with Crippen LogP contribution in [0.1, 0.15) is 34.1 Å². The van der Waals surface area contributed by atoms with Crippen LogP contribution in [-0.4, -0.2) is 28.9 Å². The molecule has 1 fully saturated rings. The number of imide groups is 1. The Bertz CT molecular complexity index is 263. The summed E-state index contributed by atoms with van der Waals surface area (Å²) < 4.78 is 0. The first-order chi connectivity index (χ1) is 6.41. The largest absolute Gasteiger partial charge is 0.325 e. The van der Waals surface area contributed by atoms with Crippen LogP contribution < -0.4 is 5.32 Å². The van der Waals surface area contributed by atoms with Gasteiger partial charge in [-0.2, -0.15) is 0 Å². The number of carbonyl (C=O) groups is 2. The highest BCUT2D eigenvalue weighted by Crippen LogP contribution is 2.25. The van der Waals surface area contributed by atoms with Gasteiger partial charge in [0.15, 0.2) is 0 Å². The van der Waals surface area contributed by atoms with Crippen molar-refractivity contribution in [1.29, 1.82) is 0 Å². The second kappa shape index (κ2) is 3.59. The summed E-state index contributed by atoms with van der Waals surface area (Å²) in [4.78, 5) is 24.7. The number of nitrogens with one attached hydrogen (secondary N) is 1. The molecular weight excluding hydrogens is 180 g/mol. The lowest BCUT2D eigenvalue weighted by atomic mass is 9.96. The van der Waals surface area contributed by atoms with Gasteiger partial charge in [0.2, 0.25) is 0 Å². The quantitative estimate of drug-likeness (QED) is 0.696. The van der Waals surface area contributed by atoms with Gasteiger partial charge in [-0.15, -0.1) is 0 Å². The number of urea groups is 1. The Morgan fingerprint density at radius 3 is 2.43 bits per heavy atom. The van der Waals surface area contributed by atoms with E-state index in [1.807, 2.05) is 27.7 Å². The minimum absolute atomic E-state index is 0.175. The number of nitrogens with zero attached hydrogens (tertiary/aromatic N) is 1. The van der Waals surface area contributed by atoms with Crippen LogP contribution in [0.3, 0.4) is 0 Å². The zero-order valence-corrected chi connectivity index (χ0v) is 9.26. The summed E-state index contributed by atoms with van der Waals surface area (Å²) >= 11 is 0. The third kappa shape index (κ3) is 1.61. The van der Waals surface area contributed by atoms with Crippen molar-refractivity contribution in [3.8, 4) is 0 Å². The van der Waals surface area contributed by atoms with Crippen LogP contribution in [0.2, 0.25) is 0 Å². The zero-order chi connectivity index (χ0) is 10.9. The monoisotopic (exact) mass is 198 g/mol. The molecule has 1 unspecified atom stereocenters. The van der Waals surface area contributed by atoms with Gasteiger partial charge in [0, 0.05) is 6.54 Å². The van der Waals surface area contributed by atoms with Crippen LogP contribution in [-0.2, 0) is 4.79 Å². The summed E-state index contributed by atoms with van der Waals surface area (Å²) in [6.07, 6.45) is 0.650. The molecule has 0 saturated carbocycles. The van der Waals surface area contributed by atoms with Gasteiger partial charge in [0.25, 0.3) is 5.91 Å². The Morgan fingerprint density at radius 1 is 1.43 bits per heavy atom. The van der Waals surface area contributed by atoms with Crippen LogP contribution in [0.4, 0.5) is 4.79 Å². The molecule has 0 aromatic rings. The van der Waals surface area contributed by atoms with Crippen LogP contribution >= 0.6 is 0 Å². The number of amides is 3. The van der Waals surface area contributed by atoms with Gasteiger partial charge >= 0.3 is 6.03 Å². The predicted molar refractivity (Wildman–Crippen MR) is 53.8 cm³/mol. The topological polar surface area (TPSA) is 49.4 Å². The Kier molecular flexibility index (Phi) is 2.83. The van der Waals surface area contributed by atoms with E-state index in [9.17, 15) is 9.59 Å². The summed E-state index contributed by atoms with van der Waals surface area (Å²) in [5.74, 6) is 0.197. The molecule has 1 N–H and O–H groups in total. The molecule has 3 amide bonds. The first-order valence-electron chi connectivity index (χ1n) is 5.05. The van der Waals surface area contributed by atoms with Gasteiger partial charge in [-0.1, -0.05) is 20.8 Å². The third-order valence-corrected chi connectivity index (χ3v) is 2.79. The summed E-state index contributed by atoms with van der Waals surface area (Å²) in [6.45, 7) is 8.43. The molecule has 1 rings (SSSR count).